The van der Waals surface area contributed by atoms with Crippen molar-refractivity contribution in [3.05, 3.63) is 71.9 Å². The number of aliphatic hydroxyl groups excluding tert-OH is 2. The molecule has 19 nitrogen and oxygen atoms in total. The van der Waals surface area contributed by atoms with Gasteiger partial charge in [0.1, 0.15) is 24.2 Å². The van der Waals surface area contributed by atoms with Gasteiger partial charge in [0.15, 0.2) is 12.2 Å². The van der Waals surface area contributed by atoms with Crippen LogP contribution in [-0.2, 0) is 41.6 Å². The molecule has 0 bridgehead atoms. The Balaban J connectivity index is 0.000000745. The average molecular weight is 910 g/mol. The van der Waals surface area contributed by atoms with Gasteiger partial charge in [-0.2, -0.15) is 11.8 Å². The summed E-state index contributed by atoms with van der Waals surface area (Å²) in [5, 5.41) is 72.1. The molecule has 2 fully saturated rings. The number of carboxylic acids is 6. The molecule has 1 saturated heterocycles. The third kappa shape index (κ3) is 25.6. The van der Waals surface area contributed by atoms with Crippen LogP contribution in [0.1, 0.15) is 76.3 Å². The second kappa shape index (κ2) is 32.6. The first-order chi connectivity index (χ1) is 29.6. The third-order valence-corrected chi connectivity index (χ3v) is 10.2. The fourth-order valence-electron chi connectivity index (χ4n) is 5.78. The normalized spacial score (nSPS) is 16.7. The summed E-state index contributed by atoms with van der Waals surface area (Å²) in [5.74, 6) is -5.18. The summed E-state index contributed by atoms with van der Waals surface area (Å²) < 4.78 is 0. The molecule has 0 amide bonds. The molecule has 0 radical (unpaired) electrons. The maximum absolute atomic E-state index is 10.6. The van der Waals surface area contributed by atoms with Gasteiger partial charge in [0.25, 0.3) is 0 Å². The number of hydrogen-bond acceptors (Lipinski definition) is 13. The zero-order valence-electron chi connectivity index (χ0n) is 36.0. The molecule has 6 atom stereocenters. The molecule has 16 N–H and O–H groups in total. The van der Waals surface area contributed by atoms with Crippen LogP contribution < -0.4 is 22.5 Å². The number of H-pyrrole nitrogens is 1. The lowest BCUT2D eigenvalue weighted by atomic mass is 9.85. The molecule has 0 spiro atoms. The van der Waals surface area contributed by atoms with Crippen LogP contribution in [0.15, 0.2) is 60.8 Å². The van der Waals surface area contributed by atoms with Crippen LogP contribution in [0.3, 0.4) is 0 Å². The van der Waals surface area contributed by atoms with Gasteiger partial charge in [-0.1, -0.05) is 81.6 Å². The monoisotopic (exact) mass is 909 g/mol. The zero-order chi connectivity index (χ0) is 48.1. The standard InChI is InChI=1S/C11H12N2O2.C9H11NO2.C8H14O3.C5H11NO2S.C5H9NO2.C5H10O3/c12-9(11(14)15)5-7-6-13-10-4-2-1-3-8(7)10;10-8(9(11)12)6-7-4-2-1-3-5-7;9-7(8(10)11)6-4-2-1-3-5-6;1-9-3-2-4(6)5(7)8;7-5(8)4-2-1-3-6-4;1-3(2)4(6)5(7)8/h1-4,6,9,13H,5,12H2,(H,14,15);1-5,8H,6,10H2,(H,11,12);6-7,9H,1-5H2,(H,10,11);4H,2-3,6H2,1H3,(H,7,8);4,6H,1-3H2,(H,7,8);3-4,6H,1-2H3,(H,7,8)/t9-;8-;7-;3*4-/m001000/s1. The van der Waals surface area contributed by atoms with Gasteiger partial charge in [-0.3, -0.25) is 19.2 Å². The Morgan fingerprint density at radius 3 is 1.65 bits per heavy atom. The molecule has 3 aromatic rings. The van der Waals surface area contributed by atoms with Gasteiger partial charge >= 0.3 is 35.8 Å². The molecule has 1 saturated carbocycles. The number of carboxylic acid groups (broad SMARTS) is 6. The van der Waals surface area contributed by atoms with E-state index in [4.69, 9.17) is 58.1 Å². The summed E-state index contributed by atoms with van der Waals surface area (Å²) >= 11 is 1.60. The summed E-state index contributed by atoms with van der Waals surface area (Å²) in [7, 11) is 0. The fraction of sp³-hybridized carbons (Fsp3) is 0.535. The number of thioether (sulfide) groups is 1. The van der Waals surface area contributed by atoms with Gasteiger partial charge < -0.3 is 68.4 Å². The maximum atomic E-state index is 10.6. The number of aromatic nitrogens is 1. The Morgan fingerprint density at radius 1 is 0.683 bits per heavy atom. The second-order valence-electron chi connectivity index (χ2n) is 15.1. The molecular weight excluding hydrogens is 843 g/mol. The van der Waals surface area contributed by atoms with Crippen LogP contribution in [0.25, 0.3) is 10.9 Å². The Morgan fingerprint density at radius 2 is 1.22 bits per heavy atom. The number of benzene rings is 2. The van der Waals surface area contributed by atoms with E-state index in [1.165, 1.54) is 6.42 Å². The minimum atomic E-state index is -1.21. The highest BCUT2D eigenvalue weighted by Gasteiger charge is 2.26. The van der Waals surface area contributed by atoms with Crippen LogP contribution >= 0.6 is 11.8 Å². The van der Waals surface area contributed by atoms with E-state index in [1.807, 2.05) is 67.0 Å². The summed E-state index contributed by atoms with van der Waals surface area (Å²) in [6.45, 7) is 4.16. The quantitative estimate of drug-likeness (QED) is 0.104. The van der Waals surface area contributed by atoms with Crippen LogP contribution in [-0.4, -0.2) is 137 Å². The number of para-hydroxylation sites is 1. The van der Waals surface area contributed by atoms with Crippen LogP contribution in [0.5, 0.6) is 0 Å². The SMILES string of the molecule is CC(C)[C@H](O)C(=O)O.CSCC[C@H](N)C(=O)O.N[C@@H](Cc1c[nH]c2ccccc12)C(=O)O.N[C@@H](Cc1ccccc1)C(=O)O.O=C(O)[C@@H]1CCCN1.O=C(O)[C@H](O)C1CCCCC1. The molecule has 1 aliphatic carbocycles. The molecule has 20 heteroatoms. The molecule has 1 aromatic heterocycles. The highest BCUT2D eigenvalue weighted by Crippen LogP contribution is 2.26. The molecule has 2 heterocycles. The summed E-state index contributed by atoms with van der Waals surface area (Å²) in [4.78, 5) is 64.5. The molecular formula is C43H67N5O14S. The van der Waals surface area contributed by atoms with Crippen molar-refractivity contribution in [2.24, 2.45) is 29.0 Å². The minimum Gasteiger partial charge on any atom is -0.480 e. The molecule has 2 aromatic carbocycles. The van der Waals surface area contributed by atoms with E-state index in [9.17, 15) is 28.8 Å². The van der Waals surface area contributed by atoms with Crippen molar-refractivity contribution in [2.75, 3.05) is 18.6 Å². The van der Waals surface area contributed by atoms with E-state index in [0.717, 1.165) is 72.9 Å². The van der Waals surface area contributed by atoms with Crippen molar-refractivity contribution in [1.29, 1.82) is 0 Å². The Bertz CT molecular complexity index is 1770. The lowest BCUT2D eigenvalue weighted by Gasteiger charge is -2.23. The van der Waals surface area contributed by atoms with E-state index in [0.29, 0.717) is 19.3 Å². The smallest absolute Gasteiger partial charge is 0.332 e. The van der Waals surface area contributed by atoms with Crippen molar-refractivity contribution < 1.29 is 69.6 Å². The van der Waals surface area contributed by atoms with Crippen LogP contribution in [0.4, 0.5) is 0 Å². The van der Waals surface area contributed by atoms with Crippen molar-refractivity contribution in [3.63, 3.8) is 0 Å². The summed E-state index contributed by atoms with van der Waals surface area (Å²) in [5.41, 5.74) is 18.9. The molecule has 5 rings (SSSR count). The topological polar surface area (TPSA) is 370 Å². The Labute approximate surface area is 371 Å². The fourth-order valence-corrected chi connectivity index (χ4v) is 6.27. The van der Waals surface area contributed by atoms with E-state index < -0.39 is 66.1 Å². The number of carbonyl (C=O) groups is 6. The highest BCUT2D eigenvalue weighted by molar-refractivity contribution is 7.98. The number of aromatic amines is 1. The summed E-state index contributed by atoms with van der Waals surface area (Å²) in [6.07, 6.45) is 9.51. The largest absolute Gasteiger partial charge is 0.480 e. The van der Waals surface area contributed by atoms with Crippen molar-refractivity contribution >= 4 is 58.5 Å². The first-order valence-electron chi connectivity index (χ1n) is 20.4. The molecule has 63 heavy (non-hydrogen) atoms. The van der Waals surface area contributed by atoms with Crippen LogP contribution in [0.2, 0.25) is 0 Å². The van der Waals surface area contributed by atoms with Crippen molar-refractivity contribution in [3.8, 4) is 0 Å². The second-order valence-corrected chi connectivity index (χ2v) is 16.1. The van der Waals surface area contributed by atoms with Crippen LogP contribution in [0, 0.1) is 11.8 Å². The number of rotatable bonds is 15. The lowest BCUT2D eigenvalue weighted by Crippen LogP contribution is -2.32. The van der Waals surface area contributed by atoms with Gasteiger partial charge in [0, 0.05) is 23.5 Å². The Hall–Kier alpha value is -5.09. The molecule has 354 valence electrons. The predicted molar refractivity (Wildman–Crippen MR) is 239 cm³/mol. The van der Waals surface area contributed by atoms with E-state index >= 15 is 0 Å². The first-order valence-corrected chi connectivity index (χ1v) is 21.8. The van der Waals surface area contributed by atoms with E-state index in [-0.39, 0.29) is 17.9 Å². The number of hydrogen-bond donors (Lipinski definition) is 13. The average Bonchev–Trinajstić information content (AvgIpc) is 3.95. The molecule has 2 aliphatic rings. The van der Waals surface area contributed by atoms with Crippen molar-refractivity contribution in [2.45, 2.75) is 114 Å². The first kappa shape index (κ1) is 57.9. The third-order valence-electron chi connectivity index (χ3n) is 9.59. The predicted octanol–water partition coefficient (Wildman–Crippen LogP) is 2.84. The molecule has 0 unspecified atom stereocenters. The number of aliphatic hydroxyl groups is 2. The minimum absolute atomic E-state index is 0.00116. The maximum Gasteiger partial charge on any atom is 0.332 e. The summed E-state index contributed by atoms with van der Waals surface area (Å²) in [6, 6.07) is 14.5. The highest BCUT2D eigenvalue weighted by atomic mass is 32.2. The number of nitrogens with one attached hydrogen (secondary N) is 2. The Kier molecular flexibility index (Phi) is 29.9. The number of nitrogens with two attached hydrogens (primary N) is 3. The molecule has 1 aliphatic heterocycles. The lowest BCUT2D eigenvalue weighted by molar-refractivity contribution is -0.150. The number of fused-ring (bicyclic) bond motifs is 1. The van der Waals surface area contributed by atoms with Gasteiger partial charge in [-0.25, -0.2) is 9.59 Å². The van der Waals surface area contributed by atoms with E-state index in [2.05, 4.69) is 10.3 Å². The van der Waals surface area contributed by atoms with Gasteiger partial charge in [-0.15, -0.1) is 0 Å². The van der Waals surface area contributed by atoms with Gasteiger partial charge in [-0.05, 0) is 86.1 Å². The van der Waals surface area contributed by atoms with Gasteiger partial charge in [0.05, 0.1) is 0 Å². The van der Waals surface area contributed by atoms with E-state index in [1.54, 1.807) is 25.6 Å². The zero-order valence-corrected chi connectivity index (χ0v) is 36.9. The number of aliphatic carboxylic acids is 6. The van der Waals surface area contributed by atoms with Crippen molar-refractivity contribution in [1.82, 2.24) is 10.3 Å². The van der Waals surface area contributed by atoms with Gasteiger partial charge in [0.2, 0.25) is 0 Å².